The lowest BCUT2D eigenvalue weighted by Gasteiger charge is -2.11. The highest BCUT2D eigenvalue weighted by Gasteiger charge is 2.17. The second-order valence-corrected chi connectivity index (χ2v) is 7.62. The van der Waals surface area contributed by atoms with Crippen molar-refractivity contribution in [3.63, 3.8) is 0 Å². The van der Waals surface area contributed by atoms with Crippen molar-refractivity contribution in [2.24, 2.45) is 0 Å². The number of carbonyl (C=O) groups excluding carboxylic acids is 2. The highest BCUT2D eigenvalue weighted by atomic mass is 35.5. The predicted molar refractivity (Wildman–Crippen MR) is 107 cm³/mol. The fraction of sp³-hybridized carbons (Fsp3) is 0.300. The minimum Gasteiger partial charge on any atom is -0.497 e. The number of hydrogen-bond acceptors (Lipinski definition) is 5. The molecule has 0 saturated carbocycles. The molecule has 0 aliphatic rings. The van der Waals surface area contributed by atoms with E-state index < -0.39 is 11.2 Å². The Kier molecular flexibility index (Phi) is 8.48. The molecule has 7 heteroatoms. The first-order valence-corrected chi connectivity index (χ1v) is 9.72. The Morgan fingerprint density at radius 1 is 1.11 bits per heavy atom. The molecule has 0 saturated heterocycles. The van der Waals surface area contributed by atoms with Gasteiger partial charge in [-0.05, 0) is 55.3 Å². The number of benzene rings is 2. The zero-order valence-corrected chi connectivity index (χ0v) is 16.8. The Bertz CT molecular complexity index is 750. The Hall–Kier alpha value is -2.18. The summed E-state index contributed by atoms with van der Waals surface area (Å²) in [6.07, 6.45) is 0.687. The van der Waals surface area contributed by atoms with Gasteiger partial charge in [0.15, 0.2) is 6.61 Å². The van der Waals surface area contributed by atoms with E-state index in [1.807, 2.05) is 36.4 Å². The maximum absolute atomic E-state index is 12.0. The second kappa shape index (κ2) is 10.8. The molecule has 27 heavy (non-hydrogen) atoms. The van der Waals surface area contributed by atoms with Gasteiger partial charge in [0.2, 0.25) is 0 Å². The van der Waals surface area contributed by atoms with Crippen LogP contribution in [-0.2, 0) is 20.7 Å². The van der Waals surface area contributed by atoms with Crippen molar-refractivity contribution in [1.29, 1.82) is 0 Å². The van der Waals surface area contributed by atoms with E-state index in [1.54, 1.807) is 26.2 Å². The minimum absolute atomic E-state index is 0.285. The molecule has 0 heterocycles. The van der Waals surface area contributed by atoms with Gasteiger partial charge in [0, 0.05) is 16.5 Å². The number of rotatable bonds is 9. The summed E-state index contributed by atoms with van der Waals surface area (Å²) in [6, 6.07) is 14.8. The molecule has 144 valence electrons. The maximum atomic E-state index is 12.0. The number of carbonyl (C=O) groups is 2. The molecule has 2 aromatic rings. The number of amides is 1. The number of esters is 1. The fourth-order valence-corrected chi connectivity index (χ4v) is 3.20. The van der Waals surface area contributed by atoms with Crippen LogP contribution >= 0.6 is 23.4 Å². The van der Waals surface area contributed by atoms with Crippen molar-refractivity contribution in [2.75, 3.05) is 20.3 Å². The summed E-state index contributed by atoms with van der Waals surface area (Å²) >= 11 is 7.19. The Balaban J connectivity index is 1.66. The van der Waals surface area contributed by atoms with E-state index in [2.05, 4.69) is 5.32 Å². The van der Waals surface area contributed by atoms with Gasteiger partial charge in [-0.1, -0.05) is 23.7 Å². The first-order valence-electron chi connectivity index (χ1n) is 8.46. The summed E-state index contributed by atoms with van der Waals surface area (Å²) < 4.78 is 10.2. The lowest BCUT2D eigenvalue weighted by Crippen LogP contribution is -2.31. The molecule has 0 spiro atoms. The second-order valence-electron chi connectivity index (χ2n) is 5.77. The molecule has 2 aromatic carbocycles. The van der Waals surface area contributed by atoms with Gasteiger partial charge in [-0.25, -0.2) is 0 Å². The number of thioether (sulfide) groups is 1. The van der Waals surface area contributed by atoms with Crippen molar-refractivity contribution in [1.82, 2.24) is 5.32 Å². The standard InChI is InChI=1S/C20H22ClNO4S/c1-14(27-18-9-5-16(21)6-10-18)20(24)26-13-19(23)22-12-11-15-3-7-17(25-2)8-4-15/h3-10,14H,11-13H2,1-2H3,(H,22,23)/t14-/m0/s1. The van der Waals surface area contributed by atoms with E-state index in [-0.39, 0.29) is 12.5 Å². The smallest absolute Gasteiger partial charge is 0.319 e. The van der Waals surface area contributed by atoms with Gasteiger partial charge in [-0.3, -0.25) is 9.59 Å². The molecule has 1 N–H and O–H groups in total. The lowest BCUT2D eigenvalue weighted by atomic mass is 10.1. The number of methoxy groups -OCH3 is 1. The van der Waals surface area contributed by atoms with Gasteiger partial charge < -0.3 is 14.8 Å². The van der Waals surface area contributed by atoms with Crippen LogP contribution in [0.3, 0.4) is 0 Å². The van der Waals surface area contributed by atoms with E-state index in [9.17, 15) is 9.59 Å². The molecule has 5 nitrogen and oxygen atoms in total. The highest BCUT2D eigenvalue weighted by molar-refractivity contribution is 8.00. The molecule has 0 bridgehead atoms. The van der Waals surface area contributed by atoms with Crippen LogP contribution in [0, 0.1) is 0 Å². The summed E-state index contributed by atoms with van der Waals surface area (Å²) in [5, 5.41) is 2.96. The van der Waals surface area contributed by atoms with Crippen molar-refractivity contribution in [2.45, 2.75) is 23.5 Å². The van der Waals surface area contributed by atoms with Gasteiger partial charge in [-0.15, -0.1) is 11.8 Å². The summed E-state index contributed by atoms with van der Waals surface area (Å²) in [5.41, 5.74) is 1.08. The predicted octanol–water partition coefficient (Wildman–Crippen LogP) is 3.73. The van der Waals surface area contributed by atoms with Crippen molar-refractivity contribution < 1.29 is 19.1 Å². The number of hydrogen-bond donors (Lipinski definition) is 1. The van der Waals surface area contributed by atoms with E-state index in [0.717, 1.165) is 16.2 Å². The number of nitrogens with one attached hydrogen (secondary N) is 1. The van der Waals surface area contributed by atoms with Gasteiger partial charge >= 0.3 is 5.97 Å². The number of halogens is 1. The van der Waals surface area contributed by atoms with Crippen molar-refractivity contribution in [3.05, 3.63) is 59.1 Å². The van der Waals surface area contributed by atoms with Crippen LogP contribution in [0.4, 0.5) is 0 Å². The summed E-state index contributed by atoms with van der Waals surface area (Å²) in [6.45, 7) is 1.92. The lowest BCUT2D eigenvalue weighted by molar-refractivity contribution is -0.147. The molecule has 0 aromatic heterocycles. The molecule has 0 fully saturated rings. The molecule has 0 aliphatic heterocycles. The van der Waals surface area contributed by atoms with Crippen LogP contribution < -0.4 is 10.1 Å². The van der Waals surface area contributed by atoms with Gasteiger partial charge in [-0.2, -0.15) is 0 Å². The summed E-state index contributed by atoms with van der Waals surface area (Å²) in [7, 11) is 1.62. The molecule has 0 unspecified atom stereocenters. The van der Waals surface area contributed by atoms with E-state index >= 15 is 0 Å². The largest absolute Gasteiger partial charge is 0.497 e. The molecule has 2 rings (SSSR count). The van der Waals surface area contributed by atoms with Crippen LogP contribution in [-0.4, -0.2) is 37.4 Å². The van der Waals surface area contributed by atoms with E-state index in [4.69, 9.17) is 21.1 Å². The van der Waals surface area contributed by atoms with Crippen molar-refractivity contribution >= 4 is 35.2 Å². The van der Waals surface area contributed by atoms with Crippen LogP contribution in [0.1, 0.15) is 12.5 Å². The van der Waals surface area contributed by atoms with Crippen LogP contribution in [0.25, 0.3) is 0 Å². The number of ether oxygens (including phenoxy) is 2. The van der Waals surface area contributed by atoms with Gasteiger partial charge in [0.25, 0.3) is 5.91 Å². The fourth-order valence-electron chi connectivity index (χ4n) is 2.21. The van der Waals surface area contributed by atoms with E-state index in [1.165, 1.54) is 11.8 Å². The SMILES string of the molecule is COc1ccc(CCNC(=O)COC(=O)[C@H](C)Sc2ccc(Cl)cc2)cc1. The highest BCUT2D eigenvalue weighted by Crippen LogP contribution is 2.25. The quantitative estimate of drug-likeness (QED) is 0.506. The first-order chi connectivity index (χ1) is 13.0. The summed E-state index contributed by atoms with van der Waals surface area (Å²) in [5.74, 6) is 0.0427. The third-order valence-electron chi connectivity index (χ3n) is 3.70. The van der Waals surface area contributed by atoms with Gasteiger partial charge in [0.1, 0.15) is 11.0 Å². The summed E-state index contributed by atoms with van der Waals surface area (Å²) in [4.78, 5) is 24.8. The average molecular weight is 408 g/mol. The normalized spacial score (nSPS) is 11.5. The van der Waals surface area contributed by atoms with Crippen LogP contribution in [0.2, 0.25) is 5.02 Å². The molecular formula is C20H22ClNO4S. The average Bonchev–Trinajstić information content (AvgIpc) is 2.68. The molecule has 1 amide bonds. The molecule has 0 aliphatic carbocycles. The third-order valence-corrected chi connectivity index (χ3v) is 5.04. The molecule has 1 atom stereocenters. The van der Waals surface area contributed by atoms with Crippen LogP contribution in [0.15, 0.2) is 53.4 Å². The molecule has 0 radical (unpaired) electrons. The minimum atomic E-state index is -0.430. The van der Waals surface area contributed by atoms with E-state index in [0.29, 0.717) is 18.0 Å². The Morgan fingerprint density at radius 2 is 1.78 bits per heavy atom. The van der Waals surface area contributed by atoms with Crippen LogP contribution in [0.5, 0.6) is 5.75 Å². The third kappa shape index (κ3) is 7.53. The zero-order valence-electron chi connectivity index (χ0n) is 15.2. The first kappa shape index (κ1) is 21.1. The maximum Gasteiger partial charge on any atom is 0.319 e. The topological polar surface area (TPSA) is 64.6 Å². The Labute approximate surface area is 168 Å². The molecular weight excluding hydrogens is 386 g/mol. The zero-order chi connectivity index (χ0) is 19.6. The Morgan fingerprint density at radius 3 is 2.41 bits per heavy atom. The van der Waals surface area contributed by atoms with Crippen molar-refractivity contribution in [3.8, 4) is 5.75 Å². The van der Waals surface area contributed by atoms with Gasteiger partial charge in [0.05, 0.1) is 7.11 Å². The monoisotopic (exact) mass is 407 g/mol.